The first-order valence-corrected chi connectivity index (χ1v) is 15.7. The van der Waals surface area contributed by atoms with Crippen molar-refractivity contribution in [3.63, 3.8) is 0 Å². The summed E-state index contributed by atoms with van der Waals surface area (Å²) in [4.78, 5) is 2.42. The van der Waals surface area contributed by atoms with Gasteiger partial charge in [-0.1, -0.05) is 133 Å². The van der Waals surface area contributed by atoms with Crippen LogP contribution in [0.25, 0.3) is 65.7 Å². The molecule has 0 aliphatic heterocycles. The van der Waals surface area contributed by atoms with Crippen LogP contribution in [0.5, 0.6) is 0 Å². The lowest BCUT2D eigenvalue weighted by molar-refractivity contribution is 0.669. The van der Waals surface area contributed by atoms with Gasteiger partial charge in [0.25, 0.3) is 0 Å². The average Bonchev–Trinajstić information content (AvgIpc) is 3.49. The molecule has 46 heavy (non-hydrogen) atoms. The van der Waals surface area contributed by atoms with E-state index in [1.807, 2.05) is 0 Å². The molecule has 0 amide bonds. The van der Waals surface area contributed by atoms with Gasteiger partial charge in [-0.25, -0.2) is 0 Å². The summed E-state index contributed by atoms with van der Waals surface area (Å²) in [5.74, 6) is 0. The fourth-order valence-electron chi connectivity index (χ4n) is 6.90. The van der Waals surface area contributed by atoms with E-state index in [4.69, 9.17) is 4.42 Å². The molecule has 9 rings (SSSR count). The van der Waals surface area contributed by atoms with Gasteiger partial charge in [0, 0.05) is 27.4 Å². The molecule has 0 saturated carbocycles. The molecule has 0 radical (unpaired) electrons. The number of hydrogen-bond acceptors (Lipinski definition) is 2. The van der Waals surface area contributed by atoms with Crippen molar-refractivity contribution >= 4 is 60.5 Å². The van der Waals surface area contributed by atoms with Crippen LogP contribution in [-0.2, 0) is 0 Å². The molecular formula is C44H29NO. The first-order chi connectivity index (χ1) is 22.8. The standard InChI is InChI=1S/C44H29NO/c1-2-13-30(14-3-1)32-19-10-20-35(27-32)45(40-25-11-18-31-15-6-7-21-36(31)40)41-24-9-8-22-37(41)38-23-12-26-42-44(38)39-28-33-16-4-5-17-34(33)29-43(39)46-42/h1-29H. The van der Waals surface area contributed by atoms with Crippen molar-refractivity contribution in [3.8, 4) is 22.3 Å². The number of fused-ring (bicyclic) bond motifs is 5. The SMILES string of the molecule is c1ccc(-c2cccc(N(c3ccccc3-c3cccc4oc5cc6ccccc6cc5c34)c3cccc4ccccc34)c2)cc1. The van der Waals surface area contributed by atoms with Gasteiger partial charge in [0.05, 0.1) is 11.4 Å². The van der Waals surface area contributed by atoms with Crippen LogP contribution in [0.2, 0.25) is 0 Å². The van der Waals surface area contributed by atoms with E-state index in [0.717, 1.165) is 50.1 Å². The number of benzene rings is 8. The monoisotopic (exact) mass is 587 g/mol. The van der Waals surface area contributed by atoms with Crippen LogP contribution < -0.4 is 4.90 Å². The molecular weight excluding hydrogens is 558 g/mol. The molecule has 0 bridgehead atoms. The predicted molar refractivity (Wildman–Crippen MR) is 194 cm³/mol. The molecule has 0 atom stereocenters. The zero-order valence-corrected chi connectivity index (χ0v) is 25.1. The molecule has 1 heterocycles. The van der Waals surface area contributed by atoms with Crippen LogP contribution in [0.4, 0.5) is 17.1 Å². The molecule has 216 valence electrons. The molecule has 0 aliphatic rings. The summed E-state index contributed by atoms with van der Waals surface area (Å²) < 4.78 is 6.50. The van der Waals surface area contributed by atoms with E-state index < -0.39 is 0 Å². The van der Waals surface area contributed by atoms with Gasteiger partial charge in [0.1, 0.15) is 11.2 Å². The highest BCUT2D eigenvalue weighted by Crippen LogP contribution is 2.47. The van der Waals surface area contributed by atoms with Crippen molar-refractivity contribution in [1.29, 1.82) is 0 Å². The summed E-state index contributed by atoms with van der Waals surface area (Å²) in [6, 6.07) is 62.8. The molecule has 8 aromatic carbocycles. The van der Waals surface area contributed by atoms with Crippen LogP contribution in [0.3, 0.4) is 0 Å². The van der Waals surface area contributed by atoms with Gasteiger partial charge >= 0.3 is 0 Å². The number of hydrogen-bond donors (Lipinski definition) is 0. The molecule has 0 spiro atoms. The Labute approximate surface area is 267 Å². The van der Waals surface area contributed by atoms with Crippen LogP contribution >= 0.6 is 0 Å². The second-order valence-electron chi connectivity index (χ2n) is 11.7. The van der Waals surface area contributed by atoms with Gasteiger partial charge in [-0.15, -0.1) is 0 Å². The molecule has 0 unspecified atom stereocenters. The van der Waals surface area contributed by atoms with Crippen molar-refractivity contribution in [2.75, 3.05) is 4.90 Å². The van der Waals surface area contributed by atoms with Crippen molar-refractivity contribution in [1.82, 2.24) is 0 Å². The third-order valence-electron chi connectivity index (χ3n) is 9.02. The molecule has 2 heteroatoms. The Bertz CT molecular complexity index is 2540. The minimum Gasteiger partial charge on any atom is -0.456 e. The van der Waals surface area contributed by atoms with E-state index in [-0.39, 0.29) is 0 Å². The largest absolute Gasteiger partial charge is 0.456 e. The fourth-order valence-corrected chi connectivity index (χ4v) is 6.90. The lowest BCUT2D eigenvalue weighted by atomic mass is 9.95. The molecule has 2 nitrogen and oxygen atoms in total. The summed E-state index contributed by atoms with van der Waals surface area (Å²) in [6.07, 6.45) is 0. The maximum atomic E-state index is 6.50. The van der Waals surface area contributed by atoms with Crippen molar-refractivity contribution in [2.24, 2.45) is 0 Å². The second-order valence-corrected chi connectivity index (χ2v) is 11.7. The molecule has 0 N–H and O–H groups in total. The third-order valence-corrected chi connectivity index (χ3v) is 9.02. The van der Waals surface area contributed by atoms with Crippen LogP contribution in [0, 0.1) is 0 Å². The van der Waals surface area contributed by atoms with Gasteiger partial charge in [-0.3, -0.25) is 0 Å². The summed E-state index contributed by atoms with van der Waals surface area (Å²) in [6.45, 7) is 0. The Hall–Kier alpha value is -6.12. The van der Waals surface area contributed by atoms with Crippen LogP contribution in [-0.4, -0.2) is 0 Å². The van der Waals surface area contributed by atoms with E-state index in [9.17, 15) is 0 Å². The average molecular weight is 588 g/mol. The quantitative estimate of drug-likeness (QED) is 0.199. The Kier molecular flexibility index (Phi) is 6.17. The Morgan fingerprint density at radius 1 is 0.370 bits per heavy atom. The molecule has 9 aromatic rings. The zero-order valence-electron chi connectivity index (χ0n) is 25.1. The van der Waals surface area contributed by atoms with E-state index in [0.29, 0.717) is 0 Å². The third kappa shape index (κ3) is 4.35. The highest BCUT2D eigenvalue weighted by molar-refractivity contribution is 6.17. The highest BCUT2D eigenvalue weighted by atomic mass is 16.3. The van der Waals surface area contributed by atoms with Gasteiger partial charge in [0.15, 0.2) is 0 Å². The second kappa shape index (κ2) is 10.8. The summed E-state index contributed by atoms with van der Waals surface area (Å²) in [7, 11) is 0. The Morgan fingerprint density at radius 3 is 1.89 bits per heavy atom. The minimum atomic E-state index is 0.889. The molecule has 1 aromatic heterocycles. The van der Waals surface area contributed by atoms with Crippen molar-refractivity contribution in [3.05, 3.63) is 176 Å². The van der Waals surface area contributed by atoms with E-state index in [1.54, 1.807) is 0 Å². The van der Waals surface area contributed by atoms with Crippen molar-refractivity contribution < 1.29 is 4.42 Å². The number of furan rings is 1. The Balaban J connectivity index is 1.33. The molecule has 0 fully saturated rings. The molecule has 0 aliphatic carbocycles. The lowest BCUT2D eigenvalue weighted by Gasteiger charge is -2.29. The smallest absolute Gasteiger partial charge is 0.136 e. The fraction of sp³-hybridized carbons (Fsp3) is 0. The van der Waals surface area contributed by atoms with Crippen LogP contribution in [0.15, 0.2) is 180 Å². The van der Waals surface area contributed by atoms with Crippen molar-refractivity contribution in [2.45, 2.75) is 0 Å². The van der Waals surface area contributed by atoms with Gasteiger partial charge < -0.3 is 9.32 Å². The molecule has 0 saturated heterocycles. The first-order valence-electron chi connectivity index (χ1n) is 15.7. The highest BCUT2D eigenvalue weighted by Gasteiger charge is 2.22. The van der Waals surface area contributed by atoms with E-state index in [1.165, 1.54) is 32.7 Å². The minimum absolute atomic E-state index is 0.889. The number of para-hydroxylation sites is 1. The topological polar surface area (TPSA) is 16.4 Å². The summed E-state index contributed by atoms with van der Waals surface area (Å²) in [5, 5.41) is 7.04. The van der Waals surface area contributed by atoms with Gasteiger partial charge in [-0.2, -0.15) is 0 Å². The number of anilines is 3. The lowest BCUT2D eigenvalue weighted by Crippen LogP contribution is -2.12. The first kappa shape index (κ1) is 26.3. The summed E-state index contributed by atoms with van der Waals surface area (Å²) >= 11 is 0. The summed E-state index contributed by atoms with van der Waals surface area (Å²) in [5.41, 5.74) is 9.78. The van der Waals surface area contributed by atoms with E-state index >= 15 is 0 Å². The Morgan fingerprint density at radius 2 is 1.00 bits per heavy atom. The maximum Gasteiger partial charge on any atom is 0.136 e. The predicted octanol–water partition coefficient (Wildman–Crippen LogP) is 12.7. The van der Waals surface area contributed by atoms with Gasteiger partial charge in [-0.05, 0) is 75.3 Å². The number of nitrogens with zero attached hydrogens (tertiary/aromatic N) is 1. The van der Waals surface area contributed by atoms with Crippen LogP contribution in [0.1, 0.15) is 0 Å². The van der Waals surface area contributed by atoms with E-state index in [2.05, 4.69) is 181 Å². The van der Waals surface area contributed by atoms with Gasteiger partial charge in [0.2, 0.25) is 0 Å². The normalized spacial score (nSPS) is 11.5. The maximum absolute atomic E-state index is 6.50. The number of rotatable bonds is 5. The zero-order chi connectivity index (χ0) is 30.5.